The fraction of sp³-hybridized carbons (Fsp3) is 0.438. The molecule has 0 amide bonds. The summed E-state index contributed by atoms with van der Waals surface area (Å²) in [5.74, 6) is 0.745. The number of nitrogens with zero attached hydrogens (tertiary/aromatic N) is 3. The van der Waals surface area contributed by atoms with Crippen LogP contribution in [0.2, 0.25) is 5.02 Å². The normalized spacial score (nSPS) is 19.1. The average Bonchev–Trinajstić information content (AvgIpc) is 3.13. The van der Waals surface area contributed by atoms with Crippen LogP contribution in [0.1, 0.15) is 29.2 Å². The van der Waals surface area contributed by atoms with E-state index in [4.69, 9.17) is 11.6 Å². The summed E-state index contributed by atoms with van der Waals surface area (Å²) in [6.45, 7) is 6.63. The van der Waals surface area contributed by atoms with E-state index in [2.05, 4.69) is 5.10 Å². The summed E-state index contributed by atoms with van der Waals surface area (Å²) in [5.41, 5.74) is 2.07. The second-order valence-corrected chi connectivity index (χ2v) is 9.10. The van der Waals surface area contributed by atoms with Crippen LogP contribution in [0.25, 0.3) is 0 Å². The Hall–Kier alpha value is -1.02. The monoisotopic (exact) mass is 385 g/mol. The number of benzene rings is 1. The molecule has 1 aromatic heterocycles. The third-order valence-electron chi connectivity index (χ3n) is 4.20. The van der Waals surface area contributed by atoms with Crippen molar-refractivity contribution in [3.8, 4) is 0 Å². The van der Waals surface area contributed by atoms with E-state index in [0.29, 0.717) is 34.4 Å². The predicted octanol–water partition coefficient (Wildman–Crippen LogP) is 3.61. The van der Waals surface area contributed by atoms with Gasteiger partial charge in [0.05, 0.1) is 16.8 Å². The topological polar surface area (TPSA) is 55.2 Å². The van der Waals surface area contributed by atoms with Crippen LogP contribution in [0.4, 0.5) is 0 Å². The number of rotatable bonds is 4. The van der Waals surface area contributed by atoms with Crippen molar-refractivity contribution in [1.29, 1.82) is 0 Å². The van der Waals surface area contributed by atoms with Gasteiger partial charge in [0.15, 0.2) is 0 Å². The van der Waals surface area contributed by atoms with Gasteiger partial charge >= 0.3 is 0 Å². The summed E-state index contributed by atoms with van der Waals surface area (Å²) in [7, 11) is -3.63. The van der Waals surface area contributed by atoms with Crippen molar-refractivity contribution >= 4 is 33.4 Å². The van der Waals surface area contributed by atoms with Crippen LogP contribution >= 0.6 is 23.4 Å². The lowest BCUT2D eigenvalue weighted by Crippen LogP contribution is -2.31. The molecule has 2 heterocycles. The average molecular weight is 386 g/mol. The second kappa shape index (κ2) is 6.71. The summed E-state index contributed by atoms with van der Waals surface area (Å²) in [5, 5.41) is 4.65. The maximum atomic E-state index is 13.3. The van der Waals surface area contributed by atoms with E-state index in [9.17, 15) is 8.42 Å². The number of aromatic nitrogens is 2. The van der Waals surface area contributed by atoms with Crippen molar-refractivity contribution < 1.29 is 8.42 Å². The first kappa shape index (κ1) is 17.8. The highest BCUT2D eigenvalue weighted by atomic mass is 35.5. The first-order valence-corrected chi connectivity index (χ1v) is 10.7. The lowest BCUT2D eigenvalue weighted by atomic mass is 10.2. The smallest absolute Gasteiger partial charge is 0.248 e. The van der Waals surface area contributed by atoms with E-state index < -0.39 is 10.0 Å². The van der Waals surface area contributed by atoms with Crippen molar-refractivity contribution in [3.05, 3.63) is 46.2 Å². The van der Waals surface area contributed by atoms with Crippen LogP contribution in [-0.2, 0) is 16.6 Å². The first-order chi connectivity index (χ1) is 11.4. The van der Waals surface area contributed by atoms with E-state index in [1.807, 2.05) is 32.0 Å². The van der Waals surface area contributed by atoms with Gasteiger partial charge in [0.2, 0.25) is 10.0 Å². The Labute approximate surface area is 152 Å². The van der Waals surface area contributed by atoms with Gasteiger partial charge in [-0.05, 0) is 32.4 Å². The first-order valence-electron chi connectivity index (χ1n) is 7.79. The zero-order valence-corrected chi connectivity index (χ0v) is 16.2. The fourth-order valence-electron chi connectivity index (χ4n) is 3.10. The molecule has 0 spiro atoms. The van der Waals surface area contributed by atoms with Crippen LogP contribution < -0.4 is 0 Å². The van der Waals surface area contributed by atoms with Crippen molar-refractivity contribution in [1.82, 2.24) is 14.1 Å². The van der Waals surface area contributed by atoms with Crippen molar-refractivity contribution in [2.24, 2.45) is 0 Å². The van der Waals surface area contributed by atoms with Gasteiger partial charge in [-0.15, -0.1) is 11.8 Å². The van der Waals surface area contributed by atoms with Crippen molar-refractivity contribution in [2.45, 2.75) is 37.6 Å². The van der Waals surface area contributed by atoms with Gasteiger partial charge in [-0.1, -0.05) is 29.8 Å². The molecule has 0 bridgehead atoms. The molecular weight excluding hydrogens is 366 g/mol. The van der Waals surface area contributed by atoms with E-state index >= 15 is 0 Å². The second-order valence-electron chi connectivity index (χ2n) is 5.68. The minimum atomic E-state index is -3.63. The van der Waals surface area contributed by atoms with Gasteiger partial charge in [-0.2, -0.15) is 9.40 Å². The Morgan fingerprint density at radius 3 is 2.67 bits per heavy atom. The third-order valence-corrected chi connectivity index (χ3v) is 8.04. The summed E-state index contributed by atoms with van der Waals surface area (Å²) >= 11 is 7.90. The number of hydrogen-bond donors (Lipinski definition) is 0. The van der Waals surface area contributed by atoms with Gasteiger partial charge in [0.1, 0.15) is 4.90 Å². The van der Waals surface area contributed by atoms with Gasteiger partial charge in [-0.25, -0.2) is 8.42 Å². The molecule has 1 unspecified atom stereocenters. The van der Waals surface area contributed by atoms with Gasteiger partial charge < -0.3 is 0 Å². The molecule has 24 heavy (non-hydrogen) atoms. The molecule has 1 aliphatic heterocycles. The fourth-order valence-corrected chi connectivity index (χ4v) is 7.05. The highest BCUT2D eigenvalue weighted by Gasteiger charge is 2.40. The van der Waals surface area contributed by atoms with Gasteiger partial charge in [-0.3, -0.25) is 4.68 Å². The van der Waals surface area contributed by atoms with E-state index in [1.54, 1.807) is 33.7 Å². The maximum Gasteiger partial charge on any atom is 0.248 e. The minimum absolute atomic E-state index is 0.299. The zero-order chi connectivity index (χ0) is 17.5. The molecule has 1 aromatic carbocycles. The highest BCUT2D eigenvalue weighted by Crippen LogP contribution is 2.44. The summed E-state index contributed by atoms with van der Waals surface area (Å²) in [4.78, 5) is 0.323. The van der Waals surface area contributed by atoms with Gasteiger partial charge in [0, 0.05) is 23.9 Å². The molecule has 8 heteroatoms. The Balaban J connectivity index is 2.07. The summed E-state index contributed by atoms with van der Waals surface area (Å²) in [6.07, 6.45) is 0. The molecule has 0 saturated carbocycles. The molecule has 5 nitrogen and oxygen atoms in total. The number of sulfonamides is 1. The molecule has 1 aliphatic rings. The van der Waals surface area contributed by atoms with E-state index in [1.165, 1.54) is 0 Å². The molecule has 3 rings (SSSR count). The quantitative estimate of drug-likeness (QED) is 0.806. The highest BCUT2D eigenvalue weighted by molar-refractivity contribution is 8.01. The van der Waals surface area contributed by atoms with Crippen LogP contribution in [0.5, 0.6) is 0 Å². The molecule has 1 fully saturated rings. The number of aryl methyl sites for hydroxylation is 2. The van der Waals surface area contributed by atoms with Crippen LogP contribution in [0.3, 0.4) is 0 Å². The van der Waals surface area contributed by atoms with Crippen LogP contribution in [0, 0.1) is 13.8 Å². The van der Waals surface area contributed by atoms with Crippen LogP contribution in [0.15, 0.2) is 29.2 Å². The number of thioether (sulfide) groups is 1. The molecule has 0 N–H and O–H groups in total. The molecular formula is C16H20ClN3O2S2. The molecule has 1 atom stereocenters. The molecule has 2 aromatic rings. The Morgan fingerprint density at radius 2 is 2.04 bits per heavy atom. The van der Waals surface area contributed by atoms with Gasteiger partial charge in [0.25, 0.3) is 0 Å². The molecule has 1 saturated heterocycles. The maximum absolute atomic E-state index is 13.3. The molecule has 130 valence electrons. The van der Waals surface area contributed by atoms with Crippen LogP contribution in [-0.4, -0.2) is 34.8 Å². The van der Waals surface area contributed by atoms with E-state index in [-0.39, 0.29) is 5.37 Å². The van der Waals surface area contributed by atoms with Crippen molar-refractivity contribution in [2.75, 3.05) is 12.3 Å². The molecule has 0 radical (unpaired) electrons. The largest absolute Gasteiger partial charge is 0.268 e. The number of halogens is 1. The lowest BCUT2D eigenvalue weighted by molar-refractivity contribution is 0.433. The predicted molar refractivity (Wildman–Crippen MR) is 97.9 cm³/mol. The Bertz CT molecular complexity index is 864. The minimum Gasteiger partial charge on any atom is -0.268 e. The standard InChI is InChI=1S/C16H20ClN3O2S2/c1-4-19-12(3)15(11(2)18-19)24(21,22)20-9-10-23-16(20)13-7-5-6-8-14(13)17/h5-8,16H,4,9-10H2,1-3H3. The molecule has 0 aliphatic carbocycles. The summed E-state index contributed by atoms with van der Waals surface area (Å²) in [6, 6.07) is 7.43. The SMILES string of the molecule is CCn1nc(C)c(S(=O)(=O)N2CCSC2c2ccccc2Cl)c1C. The Morgan fingerprint density at radius 1 is 1.33 bits per heavy atom. The van der Waals surface area contributed by atoms with Crippen molar-refractivity contribution in [3.63, 3.8) is 0 Å². The zero-order valence-electron chi connectivity index (χ0n) is 13.9. The number of hydrogen-bond acceptors (Lipinski definition) is 4. The summed E-state index contributed by atoms with van der Waals surface area (Å²) < 4.78 is 29.9. The Kier molecular flexibility index (Phi) is 4.97. The lowest BCUT2D eigenvalue weighted by Gasteiger charge is -2.24. The van der Waals surface area contributed by atoms with E-state index in [0.717, 1.165) is 11.3 Å². The third kappa shape index (κ3) is 2.87.